The summed E-state index contributed by atoms with van der Waals surface area (Å²) >= 11 is 11.9. The molecular formula is C18H17Cl2NO4. The van der Waals surface area contributed by atoms with Gasteiger partial charge in [0.1, 0.15) is 6.04 Å². The molecule has 0 aliphatic carbocycles. The van der Waals surface area contributed by atoms with Gasteiger partial charge < -0.3 is 15.2 Å². The molecule has 2 N–H and O–H groups in total. The van der Waals surface area contributed by atoms with E-state index in [2.05, 4.69) is 5.32 Å². The molecule has 2 aromatic rings. The molecule has 0 aromatic heterocycles. The van der Waals surface area contributed by atoms with Crippen LogP contribution in [-0.2, 0) is 20.7 Å². The lowest BCUT2D eigenvalue weighted by Crippen LogP contribution is -2.44. The summed E-state index contributed by atoms with van der Waals surface area (Å²) in [5.74, 6) is -1.70. The number of hydrogen-bond acceptors (Lipinski definition) is 3. The molecule has 0 spiro atoms. The van der Waals surface area contributed by atoms with E-state index in [1.54, 1.807) is 36.4 Å². The lowest BCUT2D eigenvalue weighted by Gasteiger charge is -2.20. The monoisotopic (exact) mass is 381 g/mol. The molecule has 7 heteroatoms. The number of hydrogen-bond donors (Lipinski definition) is 2. The predicted molar refractivity (Wildman–Crippen MR) is 95.9 cm³/mol. The Kier molecular flexibility index (Phi) is 6.82. The summed E-state index contributed by atoms with van der Waals surface area (Å²) in [6.07, 6.45) is -0.869. The number of benzene rings is 2. The number of ether oxygens (including phenoxy) is 1. The highest BCUT2D eigenvalue weighted by molar-refractivity contribution is 6.35. The maximum absolute atomic E-state index is 12.5. The van der Waals surface area contributed by atoms with E-state index in [9.17, 15) is 14.7 Å². The standard InChI is InChI=1S/C18H17Cl2NO4/c1-25-16(11-5-3-2-4-6-11)17(22)21-15(18(23)24)9-12-7-8-13(19)10-14(12)20/h2-8,10,15-16H,9H2,1H3,(H,21,22)(H,23,24)/t15-,16+/m0/s1. The summed E-state index contributed by atoms with van der Waals surface area (Å²) < 4.78 is 5.22. The highest BCUT2D eigenvalue weighted by Crippen LogP contribution is 2.23. The highest BCUT2D eigenvalue weighted by atomic mass is 35.5. The summed E-state index contributed by atoms with van der Waals surface area (Å²) in [5.41, 5.74) is 1.21. The quantitative estimate of drug-likeness (QED) is 0.769. The summed E-state index contributed by atoms with van der Waals surface area (Å²) in [6.45, 7) is 0. The molecule has 0 radical (unpaired) electrons. The molecule has 0 bridgehead atoms. The fourth-order valence-electron chi connectivity index (χ4n) is 2.38. The Hall–Kier alpha value is -2.08. The number of carbonyl (C=O) groups is 2. The van der Waals surface area contributed by atoms with Crippen LogP contribution in [0.3, 0.4) is 0 Å². The Labute approximate surface area is 155 Å². The van der Waals surface area contributed by atoms with E-state index in [1.165, 1.54) is 13.2 Å². The van der Waals surface area contributed by atoms with Gasteiger partial charge in [0.25, 0.3) is 5.91 Å². The van der Waals surface area contributed by atoms with E-state index < -0.39 is 24.0 Å². The maximum atomic E-state index is 12.5. The summed E-state index contributed by atoms with van der Waals surface area (Å²) in [5, 5.41) is 12.7. The van der Waals surface area contributed by atoms with Crippen molar-refractivity contribution in [2.45, 2.75) is 18.6 Å². The maximum Gasteiger partial charge on any atom is 0.326 e. The van der Waals surface area contributed by atoms with Gasteiger partial charge in [-0.3, -0.25) is 4.79 Å². The van der Waals surface area contributed by atoms with Crippen LogP contribution in [0.2, 0.25) is 10.0 Å². The zero-order chi connectivity index (χ0) is 18.4. The van der Waals surface area contributed by atoms with Crippen LogP contribution in [0.15, 0.2) is 48.5 Å². The topological polar surface area (TPSA) is 75.6 Å². The Balaban J connectivity index is 2.15. The first-order valence-corrected chi connectivity index (χ1v) is 8.22. The van der Waals surface area contributed by atoms with E-state index in [-0.39, 0.29) is 6.42 Å². The number of halogens is 2. The summed E-state index contributed by atoms with van der Waals surface area (Å²) in [6, 6.07) is 12.5. The van der Waals surface area contributed by atoms with Crippen molar-refractivity contribution >= 4 is 35.1 Å². The number of carboxylic acids is 1. The van der Waals surface area contributed by atoms with Crippen LogP contribution in [-0.4, -0.2) is 30.1 Å². The smallest absolute Gasteiger partial charge is 0.326 e. The van der Waals surface area contributed by atoms with Crippen LogP contribution in [0, 0.1) is 0 Å². The fourth-order valence-corrected chi connectivity index (χ4v) is 2.86. The highest BCUT2D eigenvalue weighted by Gasteiger charge is 2.27. The van der Waals surface area contributed by atoms with Crippen LogP contribution >= 0.6 is 23.2 Å². The molecule has 2 rings (SSSR count). The van der Waals surface area contributed by atoms with Crippen molar-refractivity contribution in [3.63, 3.8) is 0 Å². The van der Waals surface area contributed by atoms with E-state index in [0.29, 0.717) is 21.2 Å². The van der Waals surface area contributed by atoms with Crippen LogP contribution < -0.4 is 5.32 Å². The number of carbonyl (C=O) groups excluding carboxylic acids is 1. The van der Waals surface area contributed by atoms with E-state index in [4.69, 9.17) is 27.9 Å². The Morgan fingerprint density at radius 2 is 1.84 bits per heavy atom. The lowest BCUT2D eigenvalue weighted by molar-refractivity contribution is -0.144. The van der Waals surface area contributed by atoms with Crippen LogP contribution in [0.5, 0.6) is 0 Å². The second-order valence-electron chi connectivity index (χ2n) is 5.37. The SMILES string of the molecule is CO[C@@H](C(=O)N[C@@H](Cc1ccc(Cl)cc1Cl)C(=O)O)c1ccccc1. The summed E-state index contributed by atoms with van der Waals surface area (Å²) in [4.78, 5) is 24.0. The molecule has 0 fully saturated rings. The molecule has 25 heavy (non-hydrogen) atoms. The molecule has 2 aromatic carbocycles. The van der Waals surface area contributed by atoms with Crippen molar-refractivity contribution in [1.29, 1.82) is 0 Å². The molecule has 0 saturated carbocycles. The summed E-state index contributed by atoms with van der Waals surface area (Å²) in [7, 11) is 1.39. The predicted octanol–water partition coefficient (Wildman–Crippen LogP) is 3.49. The van der Waals surface area contributed by atoms with Gasteiger partial charge in [-0.15, -0.1) is 0 Å². The number of methoxy groups -OCH3 is 1. The first kappa shape index (κ1) is 19.2. The molecule has 0 saturated heterocycles. The van der Waals surface area contributed by atoms with Gasteiger partial charge in [-0.1, -0.05) is 59.6 Å². The van der Waals surface area contributed by atoms with Crippen molar-refractivity contribution in [3.05, 3.63) is 69.7 Å². The molecule has 0 aliphatic heterocycles. The average molecular weight is 382 g/mol. The zero-order valence-corrected chi connectivity index (χ0v) is 14.9. The third kappa shape index (κ3) is 5.19. The first-order valence-electron chi connectivity index (χ1n) is 7.47. The largest absolute Gasteiger partial charge is 0.480 e. The molecule has 1 amide bonds. The molecular weight excluding hydrogens is 365 g/mol. The molecule has 0 unspecified atom stereocenters. The van der Waals surface area contributed by atoms with Crippen molar-refractivity contribution in [2.24, 2.45) is 0 Å². The van der Waals surface area contributed by atoms with Crippen LogP contribution in [0.4, 0.5) is 0 Å². The van der Waals surface area contributed by atoms with Crippen LogP contribution in [0.1, 0.15) is 17.2 Å². The fraction of sp³-hybridized carbons (Fsp3) is 0.222. The van der Waals surface area contributed by atoms with Gasteiger partial charge in [-0.25, -0.2) is 4.79 Å². The minimum Gasteiger partial charge on any atom is -0.480 e. The Morgan fingerprint density at radius 1 is 1.16 bits per heavy atom. The number of amides is 1. The van der Waals surface area contributed by atoms with Gasteiger partial charge in [0.15, 0.2) is 6.10 Å². The number of aliphatic carboxylic acids is 1. The van der Waals surface area contributed by atoms with E-state index in [0.717, 1.165) is 0 Å². The Bertz CT molecular complexity index is 752. The minimum atomic E-state index is -1.16. The molecule has 0 aliphatic rings. The van der Waals surface area contributed by atoms with Gasteiger partial charge in [0, 0.05) is 23.6 Å². The van der Waals surface area contributed by atoms with Gasteiger partial charge in [0.2, 0.25) is 0 Å². The minimum absolute atomic E-state index is 0.0301. The third-order valence-corrected chi connectivity index (χ3v) is 4.22. The second kappa shape index (κ2) is 8.85. The van der Waals surface area contributed by atoms with Crippen LogP contribution in [0.25, 0.3) is 0 Å². The van der Waals surface area contributed by atoms with Gasteiger partial charge in [-0.05, 0) is 23.3 Å². The van der Waals surface area contributed by atoms with Gasteiger partial charge >= 0.3 is 5.97 Å². The van der Waals surface area contributed by atoms with Crippen molar-refractivity contribution in [3.8, 4) is 0 Å². The molecule has 5 nitrogen and oxygen atoms in total. The number of rotatable bonds is 7. The average Bonchev–Trinajstić information content (AvgIpc) is 2.58. The van der Waals surface area contributed by atoms with Crippen molar-refractivity contribution in [1.82, 2.24) is 5.32 Å². The van der Waals surface area contributed by atoms with Crippen molar-refractivity contribution in [2.75, 3.05) is 7.11 Å². The van der Waals surface area contributed by atoms with Gasteiger partial charge in [-0.2, -0.15) is 0 Å². The van der Waals surface area contributed by atoms with Gasteiger partial charge in [0.05, 0.1) is 0 Å². The normalized spacial score (nSPS) is 13.1. The molecule has 0 heterocycles. The third-order valence-electron chi connectivity index (χ3n) is 3.63. The van der Waals surface area contributed by atoms with E-state index in [1.807, 2.05) is 6.07 Å². The van der Waals surface area contributed by atoms with E-state index >= 15 is 0 Å². The molecule has 132 valence electrons. The lowest BCUT2D eigenvalue weighted by atomic mass is 10.0. The van der Waals surface area contributed by atoms with Crippen molar-refractivity contribution < 1.29 is 19.4 Å². The number of carboxylic acid groups (broad SMARTS) is 1. The zero-order valence-electron chi connectivity index (χ0n) is 13.4. The number of nitrogens with one attached hydrogen (secondary N) is 1. The first-order chi connectivity index (χ1) is 11.9. The molecule has 2 atom stereocenters. The second-order valence-corrected chi connectivity index (χ2v) is 6.21. The Morgan fingerprint density at radius 3 is 2.40 bits per heavy atom.